The minimum atomic E-state index is -0.0336. The van der Waals surface area contributed by atoms with Crippen molar-refractivity contribution in [2.75, 3.05) is 0 Å². The summed E-state index contributed by atoms with van der Waals surface area (Å²) < 4.78 is 0.866. The Morgan fingerprint density at radius 2 is 1.83 bits per heavy atom. The normalized spacial score (nSPS) is 10.4. The number of halogens is 2. The van der Waals surface area contributed by atoms with E-state index < -0.39 is 0 Å². The van der Waals surface area contributed by atoms with Crippen LogP contribution < -0.4 is 0 Å². The molecule has 0 saturated heterocycles. The lowest BCUT2D eigenvalue weighted by molar-refractivity contribution is 0.103. The van der Waals surface area contributed by atoms with Gasteiger partial charge in [-0.25, -0.2) is 0 Å². The standard InChI is InChI=1S/C15H12BrClO/c1-9-4-3-5-12(10(9)2)15(18)13-7-6-11(16)8-14(13)17/h3-8H,1-2H3. The molecule has 1 nitrogen and oxygen atoms in total. The third-order valence-corrected chi connectivity index (χ3v) is 3.83. The van der Waals surface area contributed by atoms with Gasteiger partial charge in [0.05, 0.1) is 5.02 Å². The summed E-state index contributed by atoms with van der Waals surface area (Å²) in [6.07, 6.45) is 0. The molecule has 0 amide bonds. The van der Waals surface area contributed by atoms with Gasteiger partial charge in [0.2, 0.25) is 0 Å². The fourth-order valence-electron chi connectivity index (χ4n) is 1.82. The summed E-state index contributed by atoms with van der Waals surface area (Å²) in [7, 11) is 0. The molecule has 2 aromatic rings. The molecule has 0 saturated carbocycles. The van der Waals surface area contributed by atoms with Crippen LogP contribution in [0.5, 0.6) is 0 Å². The fourth-order valence-corrected chi connectivity index (χ4v) is 2.58. The second-order valence-corrected chi connectivity index (χ2v) is 5.52. The van der Waals surface area contributed by atoms with E-state index in [0.717, 1.165) is 15.6 Å². The van der Waals surface area contributed by atoms with Gasteiger partial charge < -0.3 is 0 Å². The van der Waals surface area contributed by atoms with E-state index in [4.69, 9.17) is 11.6 Å². The summed E-state index contributed by atoms with van der Waals surface area (Å²) in [5.74, 6) is -0.0336. The number of hydrogen-bond donors (Lipinski definition) is 0. The first-order chi connectivity index (χ1) is 8.50. The molecule has 18 heavy (non-hydrogen) atoms. The van der Waals surface area contributed by atoms with Crippen LogP contribution in [0.15, 0.2) is 40.9 Å². The van der Waals surface area contributed by atoms with Crippen molar-refractivity contribution < 1.29 is 4.79 Å². The highest BCUT2D eigenvalue weighted by Gasteiger charge is 2.15. The van der Waals surface area contributed by atoms with E-state index >= 15 is 0 Å². The second-order valence-electron chi connectivity index (χ2n) is 4.20. The number of carbonyl (C=O) groups is 1. The smallest absolute Gasteiger partial charge is 0.194 e. The van der Waals surface area contributed by atoms with Crippen LogP contribution in [0.3, 0.4) is 0 Å². The molecule has 0 unspecified atom stereocenters. The van der Waals surface area contributed by atoms with Crippen molar-refractivity contribution in [1.29, 1.82) is 0 Å². The number of ketones is 1. The molecule has 2 rings (SSSR count). The van der Waals surface area contributed by atoms with Gasteiger partial charge in [-0.3, -0.25) is 4.79 Å². The Bertz CT molecular complexity index is 620. The summed E-state index contributed by atoms with van der Waals surface area (Å²) in [5, 5.41) is 0.468. The summed E-state index contributed by atoms with van der Waals surface area (Å²) in [4.78, 5) is 12.5. The van der Waals surface area contributed by atoms with Gasteiger partial charge in [-0.2, -0.15) is 0 Å². The van der Waals surface area contributed by atoms with Gasteiger partial charge in [-0.05, 0) is 43.2 Å². The fraction of sp³-hybridized carbons (Fsp3) is 0.133. The van der Waals surface area contributed by atoms with Crippen LogP contribution in [0.1, 0.15) is 27.0 Å². The molecule has 0 aliphatic heterocycles. The van der Waals surface area contributed by atoms with Crippen LogP contribution in [0.4, 0.5) is 0 Å². The van der Waals surface area contributed by atoms with Gasteiger partial charge in [0.25, 0.3) is 0 Å². The molecule has 92 valence electrons. The summed E-state index contributed by atoms with van der Waals surface area (Å²) in [5.41, 5.74) is 3.35. The van der Waals surface area contributed by atoms with Crippen LogP contribution in [-0.2, 0) is 0 Å². The summed E-state index contributed by atoms with van der Waals surface area (Å²) in [6.45, 7) is 3.95. The Balaban J connectivity index is 2.51. The highest BCUT2D eigenvalue weighted by Crippen LogP contribution is 2.25. The molecule has 0 atom stereocenters. The molecule has 0 aliphatic carbocycles. The molecule has 0 bridgehead atoms. The number of rotatable bonds is 2. The van der Waals surface area contributed by atoms with E-state index in [9.17, 15) is 4.79 Å². The molecular weight excluding hydrogens is 312 g/mol. The van der Waals surface area contributed by atoms with E-state index in [1.54, 1.807) is 12.1 Å². The molecule has 0 fully saturated rings. The number of aryl methyl sites for hydroxylation is 1. The van der Waals surface area contributed by atoms with Crippen LogP contribution in [-0.4, -0.2) is 5.78 Å². The predicted molar refractivity (Wildman–Crippen MR) is 78.5 cm³/mol. The van der Waals surface area contributed by atoms with Crippen molar-refractivity contribution in [1.82, 2.24) is 0 Å². The Hall–Kier alpha value is -1.12. The van der Waals surface area contributed by atoms with E-state index in [1.165, 1.54) is 0 Å². The van der Waals surface area contributed by atoms with Crippen LogP contribution in [0, 0.1) is 13.8 Å². The van der Waals surface area contributed by atoms with Gasteiger partial charge in [0.1, 0.15) is 0 Å². The van der Waals surface area contributed by atoms with Gasteiger partial charge in [-0.1, -0.05) is 45.7 Å². The van der Waals surface area contributed by atoms with Crippen LogP contribution in [0.2, 0.25) is 5.02 Å². The zero-order valence-corrected chi connectivity index (χ0v) is 12.5. The highest BCUT2D eigenvalue weighted by molar-refractivity contribution is 9.10. The predicted octanol–water partition coefficient (Wildman–Crippen LogP) is 4.95. The Morgan fingerprint density at radius 3 is 2.50 bits per heavy atom. The molecule has 0 radical (unpaired) electrons. The molecule has 0 N–H and O–H groups in total. The van der Waals surface area contributed by atoms with Crippen molar-refractivity contribution in [3.8, 4) is 0 Å². The number of carbonyl (C=O) groups excluding carboxylic acids is 1. The van der Waals surface area contributed by atoms with E-state index in [0.29, 0.717) is 16.1 Å². The quantitative estimate of drug-likeness (QED) is 0.715. The van der Waals surface area contributed by atoms with Gasteiger partial charge in [-0.15, -0.1) is 0 Å². The maximum absolute atomic E-state index is 12.5. The average Bonchev–Trinajstić information content (AvgIpc) is 2.32. The lowest BCUT2D eigenvalue weighted by atomic mass is 9.96. The third-order valence-electron chi connectivity index (χ3n) is 3.03. The zero-order chi connectivity index (χ0) is 13.3. The minimum absolute atomic E-state index is 0.0336. The SMILES string of the molecule is Cc1cccc(C(=O)c2ccc(Br)cc2Cl)c1C. The van der Waals surface area contributed by atoms with E-state index in [2.05, 4.69) is 15.9 Å². The first-order valence-corrected chi connectivity index (χ1v) is 6.74. The summed E-state index contributed by atoms with van der Waals surface area (Å²) >= 11 is 9.45. The molecule has 2 aromatic carbocycles. The van der Waals surface area contributed by atoms with Crippen molar-refractivity contribution in [3.63, 3.8) is 0 Å². The molecule has 0 aromatic heterocycles. The molecule has 0 heterocycles. The maximum atomic E-state index is 12.5. The molecule has 0 spiro atoms. The van der Waals surface area contributed by atoms with Gasteiger partial charge in [0, 0.05) is 15.6 Å². The van der Waals surface area contributed by atoms with Crippen molar-refractivity contribution in [2.45, 2.75) is 13.8 Å². The third kappa shape index (κ3) is 2.50. The van der Waals surface area contributed by atoms with Gasteiger partial charge in [0.15, 0.2) is 5.78 Å². The largest absolute Gasteiger partial charge is 0.289 e. The lowest BCUT2D eigenvalue weighted by Crippen LogP contribution is -2.05. The first-order valence-electron chi connectivity index (χ1n) is 5.56. The van der Waals surface area contributed by atoms with Crippen molar-refractivity contribution in [3.05, 3.63) is 68.1 Å². The van der Waals surface area contributed by atoms with Crippen LogP contribution >= 0.6 is 27.5 Å². The molecular formula is C15H12BrClO. The first kappa shape index (κ1) is 13.3. The second kappa shape index (κ2) is 5.25. The maximum Gasteiger partial charge on any atom is 0.194 e. The minimum Gasteiger partial charge on any atom is -0.289 e. The highest BCUT2D eigenvalue weighted by atomic mass is 79.9. The Kier molecular flexibility index (Phi) is 3.88. The lowest BCUT2D eigenvalue weighted by Gasteiger charge is -2.09. The molecule has 3 heteroatoms. The average molecular weight is 324 g/mol. The van der Waals surface area contributed by atoms with Gasteiger partial charge >= 0.3 is 0 Å². The zero-order valence-electron chi connectivity index (χ0n) is 10.1. The number of hydrogen-bond acceptors (Lipinski definition) is 1. The van der Waals surface area contributed by atoms with E-state index in [-0.39, 0.29) is 5.78 Å². The van der Waals surface area contributed by atoms with Crippen LogP contribution in [0.25, 0.3) is 0 Å². The topological polar surface area (TPSA) is 17.1 Å². The van der Waals surface area contributed by atoms with E-state index in [1.807, 2.05) is 38.1 Å². The Morgan fingerprint density at radius 1 is 1.11 bits per heavy atom. The van der Waals surface area contributed by atoms with Crippen molar-refractivity contribution in [2.24, 2.45) is 0 Å². The van der Waals surface area contributed by atoms with Crippen molar-refractivity contribution >= 4 is 33.3 Å². The Labute approximate surface area is 120 Å². The summed E-state index contributed by atoms with van der Waals surface area (Å²) in [6, 6.07) is 11.0. The monoisotopic (exact) mass is 322 g/mol. The number of benzene rings is 2. The molecule has 0 aliphatic rings.